The second kappa shape index (κ2) is 11.7. The van der Waals surface area contributed by atoms with Gasteiger partial charge in [-0.2, -0.15) is 0 Å². The summed E-state index contributed by atoms with van der Waals surface area (Å²) >= 11 is 7.86. The minimum atomic E-state index is -0.754. The summed E-state index contributed by atoms with van der Waals surface area (Å²) in [6.07, 6.45) is 1.50. The van der Waals surface area contributed by atoms with E-state index in [0.29, 0.717) is 37.8 Å². The summed E-state index contributed by atoms with van der Waals surface area (Å²) in [4.78, 5) is 32.1. The van der Waals surface area contributed by atoms with Gasteiger partial charge in [-0.3, -0.25) is 9.36 Å². The van der Waals surface area contributed by atoms with Crippen molar-refractivity contribution >= 4 is 35.0 Å². The fourth-order valence-electron chi connectivity index (χ4n) is 4.51. The van der Waals surface area contributed by atoms with Crippen molar-refractivity contribution in [2.45, 2.75) is 46.4 Å². The van der Waals surface area contributed by atoms with Crippen LogP contribution in [-0.4, -0.2) is 16.6 Å². The number of benzene rings is 3. The molecule has 3 aromatic carbocycles. The standard InChI is InChI=1S/C32H29ClN2O4S/c1-19(2)39-31(37)28-21(4)34-32-35(29(28)25-7-5-6-8-26(25)33)30(36)27(40-32)17-22-13-15-24(16-14-22)38-18-23-11-9-20(3)10-12-23/h5-17,19,29H,18H2,1-4H3. The lowest BCUT2D eigenvalue weighted by atomic mass is 9.96. The van der Waals surface area contributed by atoms with E-state index in [2.05, 4.69) is 36.2 Å². The number of halogens is 1. The summed E-state index contributed by atoms with van der Waals surface area (Å²) < 4.78 is 13.5. The first-order valence-corrected chi connectivity index (χ1v) is 14.2. The molecule has 1 unspecified atom stereocenters. The molecule has 0 saturated carbocycles. The monoisotopic (exact) mass is 572 g/mol. The molecule has 0 radical (unpaired) electrons. The SMILES string of the molecule is CC1=C(C(=O)OC(C)C)C(c2ccccc2Cl)n2c(sc(=Cc3ccc(OCc4ccc(C)cc4)cc3)c2=O)=N1. The number of thiazole rings is 1. The van der Waals surface area contributed by atoms with Gasteiger partial charge in [0, 0.05) is 5.02 Å². The second-order valence-corrected chi connectivity index (χ2v) is 11.3. The van der Waals surface area contributed by atoms with Gasteiger partial charge in [-0.15, -0.1) is 0 Å². The van der Waals surface area contributed by atoms with E-state index < -0.39 is 12.0 Å². The Balaban J connectivity index is 1.50. The second-order valence-electron chi connectivity index (χ2n) is 9.90. The van der Waals surface area contributed by atoms with Crippen LogP contribution >= 0.6 is 22.9 Å². The van der Waals surface area contributed by atoms with Crippen molar-refractivity contribution in [1.82, 2.24) is 4.57 Å². The number of allylic oxidation sites excluding steroid dienone is 1. The molecule has 0 N–H and O–H groups in total. The van der Waals surface area contributed by atoms with Gasteiger partial charge in [-0.05, 0) is 68.7 Å². The molecule has 0 aliphatic carbocycles. The lowest BCUT2D eigenvalue weighted by Gasteiger charge is -2.26. The van der Waals surface area contributed by atoms with Crippen LogP contribution in [0.2, 0.25) is 5.02 Å². The Kier molecular flexibility index (Phi) is 8.05. The summed E-state index contributed by atoms with van der Waals surface area (Å²) in [6.45, 7) is 7.85. The van der Waals surface area contributed by atoms with E-state index in [1.807, 2.05) is 48.5 Å². The Labute approximate surface area is 241 Å². The molecule has 0 spiro atoms. The zero-order valence-corrected chi connectivity index (χ0v) is 24.3. The Bertz CT molecular complexity index is 1770. The number of aryl methyl sites for hydroxylation is 1. The maximum Gasteiger partial charge on any atom is 0.338 e. The number of hydrogen-bond donors (Lipinski definition) is 0. The van der Waals surface area contributed by atoms with Crippen LogP contribution in [-0.2, 0) is 16.1 Å². The van der Waals surface area contributed by atoms with E-state index in [-0.39, 0.29) is 11.7 Å². The van der Waals surface area contributed by atoms with Gasteiger partial charge in [0.1, 0.15) is 18.4 Å². The highest BCUT2D eigenvalue weighted by Crippen LogP contribution is 2.34. The molecular formula is C32H29ClN2O4S. The molecule has 1 aliphatic rings. The number of esters is 1. The number of rotatable bonds is 7. The quantitative estimate of drug-likeness (QED) is 0.265. The molecule has 0 fully saturated rings. The van der Waals surface area contributed by atoms with Gasteiger partial charge in [0.25, 0.3) is 5.56 Å². The van der Waals surface area contributed by atoms with E-state index in [1.54, 1.807) is 31.4 Å². The normalized spacial score (nSPS) is 15.2. The average molecular weight is 573 g/mol. The highest BCUT2D eigenvalue weighted by molar-refractivity contribution is 7.07. The van der Waals surface area contributed by atoms with Gasteiger partial charge in [0.05, 0.1) is 21.9 Å². The van der Waals surface area contributed by atoms with Crippen LogP contribution in [0, 0.1) is 6.92 Å². The number of carbonyl (C=O) groups excluding carboxylic acids is 1. The molecule has 1 aliphatic heterocycles. The smallest absolute Gasteiger partial charge is 0.338 e. The van der Waals surface area contributed by atoms with Gasteiger partial charge >= 0.3 is 5.97 Å². The molecule has 1 aromatic heterocycles. The molecule has 0 amide bonds. The van der Waals surface area contributed by atoms with Crippen molar-refractivity contribution in [1.29, 1.82) is 0 Å². The number of carbonyl (C=O) groups is 1. The molecule has 1 atom stereocenters. The Morgan fingerprint density at radius 1 is 1.05 bits per heavy atom. The maximum atomic E-state index is 13.8. The number of hydrogen-bond acceptors (Lipinski definition) is 6. The first kappa shape index (κ1) is 27.6. The summed E-state index contributed by atoms with van der Waals surface area (Å²) in [6, 6.07) is 22.3. The summed E-state index contributed by atoms with van der Waals surface area (Å²) in [5, 5.41) is 0.452. The van der Waals surface area contributed by atoms with Crippen molar-refractivity contribution in [3.05, 3.63) is 131 Å². The zero-order chi connectivity index (χ0) is 28.4. The van der Waals surface area contributed by atoms with Crippen molar-refractivity contribution in [3.8, 4) is 5.75 Å². The number of fused-ring (bicyclic) bond motifs is 1. The maximum absolute atomic E-state index is 13.8. The van der Waals surface area contributed by atoms with E-state index in [0.717, 1.165) is 16.9 Å². The summed E-state index contributed by atoms with van der Waals surface area (Å²) in [7, 11) is 0. The Morgan fingerprint density at radius 2 is 1.75 bits per heavy atom. The molecule has 8 heteroatoms. The highest BCUT2D eigenvalue weighted by Gasteiger charge is 2.34. The van der Waals surface area contributed by atoms with E-state index in [4.69, 9.17) is 21.1 Å². The van der Waals surface area contributed by atoms with Crippen LogP contribution in [0.3, 0.4) is 0 Å². The van der Waals surface area contributed by atoms with Crippen molar-refractivity contribution in [3.63, 3.8) is 0 Å². The third-order valence-electron chi connectivity index (χ3n) is 6.49. The van der Waals surface area contributed by atoms with Crippen LogP contribution in [0.1, 0.15) is 49.1 Å². The van der Waals surface area contributed by atoms with Crippen LogP contribution in [0.15, 0.2) is 93.9 Å². The number of nitrogens with zero attached hydrogens (tertiary/aromatic N) is 2. The summed E-state index contributed by atoms with van der Waals surface area (Å²) in [5.41, 5.74) is 4.33. The van der Waals surface area contributed by atoms with Crippen molar-refractivity contribution < 1.29 is 14.3 Å². The fourth-order valence-corrected chi connectivity index (χ4v) is 5.80. The van der Waals surface area contributed by atoms with Gasteiger partial charge in [0.15, 0.2) is 4.80 Å². The van der Waals surface area contributed by atoms with Crippen LogP contribution in [0.4, 0.5) is 0 Å². The molecule has 2 heterocycles. The lowest BCUT2D eigenvalue weighted by Crippen LogP contribution is -2.40. The Hall–Kier alpha value is -3.94. The predicted molar refractivity (Wildman–Crippen MR) is 158 cm³/mol. The fraction of sp³-hybridized carbons (Fsp3) is 0.219. The van der Waals surface area contributed by atoms with Crippen LogP contribution < -0.4 is 19.6 Å². The molecule has 6 nitrogen and oxygen atoms in total. The molecule has 5 rings (SSSR count). The van der Waals surface area contributed by atoms with Crippen molar-refractivity contribution in [2.75, 3.05) is 0 Å². The molecular weight excluding hydrogens is 544 g/mol. The molecule has 4 aromatic rings. The molecule has 0 saturated heterocycles. The highest BCUT2D eigenvalue weighted by atomic mass is 35.5. The zero-order valence-electron chi connectivity index (χ0n) is 22.7. The lowest BCUT2D eigenvalue weighted by molar-refractivity contribution is -0.143. The van der Waals surface area contributed by atoms with E-state index in [1.165, 1.54) is 16.9 Å². The van der Waals surface area contributed by atoms with Gasteiger partial charge in [-0.1, -0.05) is 83.1 Å². The largest absolute Gasteiger partial charge is 0.489 e. The van der Waals surface area contributed by atoms with Crippen LogP contribution in [0.5, 0.6) is 5.75 Å². The minimum absolute atomic E-state index is 0.254. The third kappa shape index (κ3) is 5.81. The van der Waals surface area contributed by atoms with E-state index in [9.17, 15) is 9.59 Å². The average Bonchev–Trinajstić information content (AvgIpc) is 3.22. The van der Waals surface area contributed by atoms with Gasteiger partial charge in [0.2, 0.25) is 0 Å². The van der Waals surface area contributed by atoms with E-state index >= 15 is 0 Å². The molecule has 0 bridgehead atoms. The minimum Gasteiger partial charge on any atom is -0.489 e. The molecule has 204 valence electrons. The molecule has 40 heavy (non-hydrogen) atoms. The van der Waals surface area contributed by atoms with Gasteiger partial charge in [-0.25, -0.2) is 9.79 Å². The summed E-state index contributed by atoms with van der Waals surface area (Å²) in [5.74, 6) is 0.221. The number of ether oxygens (including phenoxy) is 2. The number of aromatic nitrogens is 1. The Morgan fingerprint density at radius 3 is 2.42 bits per heavy atom. The third-order valence-corrected chi connectivity index (χ3v) is 7.82. The predicted octanol–water partition coefficient (Wildman–Crippen LogP) is 5.73. The topological polar surface area (TPSA) is 69.9 Å². The van der Waals surface area contributed by atoms with Crippen molar-refractivity contribution in [2.24, 2.45) is 4.99 Å². The van der Waals surface area contributed by atoms with Gasteiger partial charge < -0.3 is 9.47 Å². The van der Waals surface area contributed by atoms with Crippen LogP contribution in [0.25, 0.3) is 6.08 Å². The first-order valence-electron chi connectivity index (χ1n) is 13.0. The first-order chi connectivity index (χ1) is 19.2.